The Balaban J connectivity index is 1.40. The van der Waals surface area contributed by atoms with Crippen LogP contribution in [0.5, 0.6) is 0 Å². The van der Waals surface area contributed by atoms with Gasteiger partial charge in [0.25, 0.3) is 0 Å². The lowest BCUT2D eigenvalue weighted by Gasteiger charge is -2.41. The van der Waals surface area contributed by atoms with Gasteiger partial charge in [-0.15, -0.1) is 11.3 Å². The third-order valence-electron chi connectivity index (χ3n) is 5.14. The topological polar surface area (TPSA) is 28.2 Å². The summed E-state index contributed by atoms with van der Waals surface area (Å²) in [5.74, 6) is 1.47. The molecule has 3 nitrogen and oxygen atoms in total. The lowest BCUT2D eigenvalue weighted by Crippen LogP contribution is -2.48. The number of hydrogen-bond acceptors (Lipinski definition) is 4. The smallest absolute Gasteiger partial charge is 0.0987 e. The van der Waals surface area contributed by atoms with Crippen molar-refractivity contribution in [3.05, 3.63) is 41.0 Å². The van der Waals surface area contributed by atoms with Crippen molar-refractivity contribution in [2.75, 3.05) is 26.2 Å². The van der Waals surface area contributed by atoms with E-state index >= 15 is 0 Å². The maximum atomic E-state index is 4.69. The molecule has 0 spiro atoms. The first-order chi connectivity index (χ1) is 11.2. The molecule has 122 valence electrons. The average molecular weight is 327 g/mol. The molecule has 0 atom stereocenters. The van der Waals surface area contributed by atoms with Gasteiger partial charge in [0.2, 0.25) is 0 Å². The van der Waals surface area contributed by atoms with Gasteiger partial charge in [-0.05, 0) is 50.4 Å². The second-order valence-electron chi connectivity index (χ2n) is 7.23. The fourth-order valence-electron chi connectivity index (χ4n) is 3.33. The molecule has 2 fully saturated rings. The Hall–Kier alpha value is -1.23. The maximum absolute atomic E-state index is 4.69. The first kappa shape index (κ1) is 15.3. The van der Waals surface area contributed by atoms with Gasteiger partial charge in [0.1, 0.15) is 0 Å². The lowest BCUT2D eigenvalue weighted by atomic mass is 9.94. The summed E-state index contributed by atoms with van der Waals surface area (Å²) >= 11 is 1.87. The Bertz CT molecular complexity index is 652. The number of nitrogens with one attached hydrogen (secondary N) is 1. The van der Waals surface area contributed by atoms with Crippen LogP contribution in [0.15, 0.2) is 30.5 Å². The summed E-state index contributed by atoms with van der Waals surface area (Å²) in [6, 6.07) is 9.76. The summed E-state index contributed by atoms with van der Waals surface area (Å²) in [5, 5.41) is 4.65. The zero-order valence-electron chi connectivity index (χ0n) is 14.0. The third kappa shape index (κ3) is 3.21. The van der Waals surface area contributed by atoms with E-state index in [1.54, 1.807) is 0 Å². The summed E-state index contributed by atoms with van der Waals surface area (Å²) in [5.41, 5.74) is 2.76. The minimum atomic E-state index is 0.640. The van der Waals surface area contributed by atoms with Gasteiger partial charge in [-0.3, -0.25) is 4.90 Å². The highest BCUT2D eigenvalue weighted by Gasteiger charge is 2.31. The van der Waals surface area contributed by atoms with Gasteiger partial charge in [-0.2, -0.15) is 0 Å². The number of nitrogens with zero attached hydrogens (tertiary/aromatic N) is 2. The number of rotatable bonds is 5. The van der Waals surface area contributed by atoms with Gasteiger partial charge in [0.15, 0.2) is 0 Å². The molecule has 0 amide bonds. The van der Waals surface area contributed by atoms with Crippen LogP contribution in [0.3, 0.4) is 0 Å². The van der Waals surface area contributed by atoms with E-state index in [2.05, 4.69) is 59.5 Å². The molecule has 2 aromatic rings. The van der Waals surface area contributed by atoms with Crippen molar-refractivity contribution in [1.82, 2.24) is 15.2 Å². The summed E-state index contributed by atoms with van der Waals surface area (Å²) in [7, 11) is 0. The van der Waals surface area contributed by atoms with Crippen molar-refractivity contribution in [3.63, 3.8) is 0 Å². The molecule has 4 rings (SSSR count). The summed E-state index contributed by atoms with van der Waals surface area (Å²) in [6.45, 7) is 9.22. The molecule has 0 saturated carbocycles. The first-order valence-corrected chi connectivity index (χ1v) is 9.50. The quantitative estimate of drug-likeness (QED) is 0.912. The summed E-state index contributed by atoms with van der Waals surface area (Å²) in [6.07, 6.45) is 3.26. The molecule has 1 aromatic carbocycles. The zero-order chi connectivity index (χ0) is 15.8. The van der Waals surface area contributed by atoms with Gasteiger partial charge in [0, 0.05) is 31.2 Å². The Morgan fingerprint density at radius 2 is 1.96 bits per heavy atom. The summed E-state index contributed by atoms with van der Waals surface area (Å²) < 4.78 is 0. The van der Waals surface area contributed by atoms with Crippen molar-refractivity contribution in [2.24, 2.45) is 5.92 Å². The van der Waals surface area contributed by atoms with Crippen molar-refractivity contribution < 1.29 is 0 Å². The van der Waals surface area contributed by atoms with E-state index in [0.717, 1.165) is 5.92 Å². The molecule has 0 unspecified atom stereocenters. The largest absolute Gasteiger partial charge is 0.316 e. The number of thiazole rings is 1. The molecular weight excluding hydrogens is 302 g/mol. The van der Waals surface area contributed by atoms with Gasteiger partial charge >= 0.3 is 0 Å². The lowest BCUT2D eigenvalue weighted by molar-refractivity contribution is 0.110. The number of aromatic nitrogens is 1. The predicted molar refractivity (Wildman–Crippen MR) is 97.1 cm³/mol. The molecule has 4 heteroatoms. The third-order valence-corrected chi connectivity index (χ3v) is 6.35. The van der Waals surface area contributed by atoms with E-state index < -0.39 is 0 Å². The normalized spacial score (nSPS) is 19.8. The zero-order valence-corrected chi connectivity index (χ0v) is 14.8. The number of hydrogen-bond donors (Lipinski definition) is 1. The van der Waals surface area contributed by atoms with E-state index in [-0.39, 0.29) is 0 Å². The standard InChI is InChI=1S/C19H25N3S/c1-13(2)22-11-17(12-22)19-21-10-18(23-19)16-5-3-14(4-6-16)7-15-8-20-9-15/h3-6,10,13,15,17,20H,7-9,11-12H2,1-2H3. The van der Waals surface area contributed by atoms with E-state index in [4.69, 9.17) is 0 Å². The minimum absolute atomic E-state index is 0.640. The molecule has 0 radical (unpaired) electrons. The minimum Gasteiger partial charge on any atom is -0.316 e. The van der Waals surface area contributed by atoms with E-state index in [1.807, 2.05) is 11.3 Å². The van der Waals surface area contributed by atoms with Crippen LogP contribution in [0.4, 0.5) is 0 Å². The van der Waals surface area contributed by atoms with Crippen molar-refractivity contribution in [3.8, 4) is 10.4 Å². The Morgan fingerprint density at radius 3 is 2.57 bits per heavy atom. The number of benzene rings is 1. The van der Waals surface area contributed by atoms with Gasteiger partial charge in [-0.1, -0.05) is 24.3 Å². The highest BCUT2D eigenvalue weighted by atomic mass is 32.1. The second kappa shape index (κ2) is 6.34. The Morgan fingerprint density at radius 1 is 1.22 bits per heavy atom. The van der Waals surface area contributed by atoms with Crippen LogP contribution in [0, 0.1) is 5.92 Å². The molecule has 3 heterocycles. The fourth-order valence-corrected chi connectivity index (χ4v) is 4.34. The second-order valence-corrected chi connectivity index (χ2v) is 8.29. The van der Waals surface area contributed by atoms with Crippen molar-refractivity contribution in [1.29, 1.82) is 0 Å². The van der Waals surface area contributed by atoms with Crippen LogP contribution in [0.2, 0.25) is 0 Å². The van der Waals surface area contributed by atoms with Crippen LogP contribution >= 0.6 is 11.3 Å². The highest BCUT2D eigenvalue weighted by Crippen LogP contribution is 2.35. The predicted octanol–water partition coefficient (Wildman–Crippen LogP) is 3.38. The molecule has 0 bridgehead atoms. The molecule has 2 saturated heterocycles. The monoisotopic (exact) mass is 327 g/mol. The van der Waals surface area contributed by atoms with E-state index in [9.17, 15) is 0 Å². The maximum Gasteiger partial charge on any atom is 0.0987 e. The molecule has 23 heavy (non-hydrogen) atoms. The van der Waals surface area contributed by atoms with Crippen LogP contribution in [-0.2, 0) is 6.42 Å². The Kier molecular flexibility index (Phi) is 4.22. The first-order valence-electron chi connectivity index (χ1n) is 8.69. The average Bonchev–Trinajstić information content (AvgIpc) is 2.91. The van der Waals surface area contributed by atoms with Gasteiger partial charge < -0.3 is 5.32 Å². The highest BCUT2D eigenvalue weighted by molar-refractivity contribution is 7.15. The molecule has 1 N–H and O–H groups in total. The van der Waals surface area contributed by atoms with Gasteiger partial charge in [0.05, 0.1) is 9.88 Å². The summed E-state index contributed by atoms with van der Waals surface area (Å²) in [4.78, 5) is 8.50. The van der Waals surface area contributed by atoms with E-state index in [1.165, 1.54) is 53.6 Å². The van der Waals surface area contributed by atoms with Crippen molar-refractivity contribution in [2.45, 2.75) is 32.2 Å². The SMILES string of the molecule is CC(C)N1CC(c2ncc(-c3ccc(CC4CNC4)cc3)s2)C1. The van der Waals surface area contributed by atoms with Crippen LogP contribution in [-0.4, -0.2) is 42.1 Å². The molecule has 0 aliphatic carbocycles. The van der Waals surface area contributed by atoms with E-state index in [0.29, 0.717) is 12.0 Å². The van der Waals surface area contributed by atoms with Crippen LogP contribution in [0.1, 0.15) is 30.3 Å². The fraction of sp³-hybridized carbons (Fsp3) is 0.526. The molecule has 2 aliphatic heterocycles. The van der Waals surface area contributed by atoms with Crippen molar-refractivity contribution >= 4 is 11.3 Å². The number of likely N-dealkylation sites (tertiary alicyclic amines) is 1. The molecular formula is C19H25N3S. The van der Waals surface area contributed by atoms with Crippen LogP contribution < -0.4 is 5.32 Å². The molecule has 2 aliphatic rings. The van der Waals surface area contributed by atoms with Gasteiger partial charge in [-0.25, -0.2) is 4.98 Å². The van der Waals surface area contributed by atoms with Crippen LogP contribution in [0.25, 0.3) is 10.4 Å². The molecule has 1 aromatic heterocycles. The Labute approximate surface area is 142 Å².